The van der Waals surface area contributed by atoms with Crippen molar-refractivity contribution in [1.29, 1.82) is 0 Å². The zero-order valence-corrected chi connectivity index (χ0v) is 14.1. The van der Waals surface area contributed by atoms with Crippen LogP contribution in [0.4, 0.5) is 14.5 Å². The van der Waals surface area contributed by atoms with E-state index in [0.717, 1.165) is 0 Å². The van der Waals surface area contributed by atoms with Gasteiger partial charge in [0, 0.05) is 11.4 Å². The molecule has 0 saturated carbocycles. The molecular formula is C20H15F2NO3. The van der Waals surface area contributed by atoms with Gasteiger partial charge in [-0.2, -0.15) is 0 Å². The number of benzene rings is 2. The smallest absolute Gasteiger partial charge is 0.340 e. The number of methoxy groups -OCH3 is 1. The molecule has 26 heavy (non-hydrogen) atoms. The van der Waals surface area contributed by atoms with Gasteiger partial charge in [-0.3, -0.25) is 9.69 Å². The maximum atomic E-state index is 13.2. The summed E-state index contributed by atoms with van der Waals surface area (Å²) in [5, 5.41) is 0. The van der Waals surface area contributed by atoms with E-state index < -0.39 is 23.5 Å². The normalized spacial score (nSPS) is 15.8. The fraction of sp³-hybridized carbons (Fsp3) is 0.100. The highest BCUT2D eigenvalue weighted by Crippen LogP contribution is 2.35. The van der Waals surface area contributed by atoms with E-state index in [1.165, 1.54) is 66.6 Å². The third-order valence-corrected chi connectivity index (χ3v) is 4.06. The molecule has 0 atom stereocenters. The summed E-state index contributed by atoms with van der Waals surface area (Å²) in [5.74, 6) is -1.94. The van der Waals surface area contributed by atoms with Gasteiger partial charge < -0.3 is 4.74 Å². The van der Waals surface area contributed by atoms with Crippen molar-refractivity contribution in [3.05, 3.63) is 82.6 Å². The minimum absolute atomic E-state index is 0.117. The molecule has 0 saturated heterocycles. The van der Waals surface area contributed by atoms with Gasteiger partial charge in [-0.05, 0) is 55.0 Å². The molecule has 0 N–H and O–H groups in total. The van der Waals surface area contributed by atoms with Crippen molar-refractivity contribution >= 4 is 23.6 Å². The highest BCUT2D eigenvalue weighted by Gasteiger charge is 2.37. The fourth-order valence-corrected chi connectivity index (χ4v) is 2.81. The number of halogens is 2. The van der Waals surface area contributed by atoms with E-state index in [1.54, 1.807) is 6.92 Å². The molecule has 0 unspecified atom stereocenters. The first-order valence-electron chi connectivity index (χ1n) is 7.79. The van der Waals surface area contributed by atoms with Crippen LogP contribution >= 0.6 is 0 Å². The fourth-order valence-electron chi connectivity index (χ4n) is 2.81. The van der Waals surface area contributed by atoms with Crippen LogP contribution in [0.25, 0.3) is 6.08 Å². The van der Waals surface area contributed by atoms with Crippen molar-refractivity contribution in [2.45, 2.75) is 6.92 Å². The number of esters is 1. The van der Waals surface area contributed by atoms with Crippen LogP contribution in [0.5, 0.6) is 0 Å². The number of hydrogen-bond acceptors (Lipinski definition) is 3. The van der Waals surface area contributed by atoms with Gasteiger partial charge in [0.15, 0.2) is 0 Å². The Morgan fingerprint density at radius 2 is 1.54 bits per heavy atom. The van der Waals surface area contributed by atoms with Crippen LogP contribution in [-0.2, 0) is 14.3 Å². The Hall–Kier alpha value is -3.28. The lowest BCUT2D eigenvalue weighted by atomic mass is 10.0. The summed E-state index contributed by atoms with van der Waals surface area (Å²) in [6.45, 7) is 1.61. The second-order valence-corrected chi connectivity index (χ2v) is 5.68. The van der Waals surface area contributed by atoms with Crippen LogP contribution < -0.4 is 4.90 Å². The zero-order chi connectivity index (χ0) is 18.8. The molecule has 132 valence electrons. The van der Waals surface area contributed by atoms with Crippen molar-refractivity contribution in [2.75, 3.05) is 12.0 Å². The van der Waals surface area contributed by atoms with Crippen LogP contribution in [0.2, 0.25) is 0 Å². The van der Waals surface area contributed by atoms with Gasteiger partial charge in [0.2, 0.25) is 0 Å². The molecule has 4 nitrogen and oxygen atoms in total. The Balaban J connectivity index is 2.12. The van der Waals surface area contributed by atoms with E-state index in [1.807, 2.05) is 0 Å². The number of allylic oxidation sites excluding steroid dienone is 1. The quantitative estimate of drug-likeness (QED) is 0.621. The molecule has 0 bridgehead atoms. The molecule has 2 aromatic carbocycles. The summed E-state index contributed by atoms with van der Waals surface area (Å²) < 4.78 is 31.1. The summed E-state index contributed by atoms with van der Waals surface area (Å²) in [4.78, 5) is 26.5. The second-order valence-electron chi connectivity index (χ2n) is 5.68. The summed E-state index contributed by atoms with van der Waals surface area (Å²) in [7, 11) is 1.23. The zero-order valence-electron chi connectivity index (χ0n) is 14.1. The second kappa shape index (κ2) is 6.92. The molecule has 0 aliphatic carbocycles. The van der Waals surface area contributed by atoms with Crippen molar-refractivity contribution in [1.82, 2.24) is 0 Å². The van der Waals surface area contributed by atoms with Crippen LogP contribution in [0.3, 0.4) is 0 Å². The van der Waals surface area contributed by atoms with Crippen LogP contribution in [0.15, 0.2) is 65.4 Å². The monoisotopic (exact) mass is 355 g/mol. The molecule has 2 aromatic rings. The first-order valence-corrected chi connectivity index (χ1v) is 7.79. The molecule has 0 spiro atoms. The highest BCUT2D eigenvalue weighted by atomic mass is 19.1. The van der Waals surface area contributed by atoms with Gasteiger partial charge in [-0.15, -0.1) is 0 Å². The Kier molecular flexibility index (Phi) is 4.67. The Bertz CT molecular complexity index is 929. The van der Waals surface area contributed by atoms with Crippen molar-refractivity contribution < 1.29 is 23.1 Å². The third kappa shape index (κ3) is 3.13. The van der Waals surface area contributed by atoms with Crippen LogP contribution in [-0.4, -0.2) is 19.0 Å². The standard InChI is InChI=1S/C20H15F2NO3/c1-12-18(20(25)26-2)17(11-13-3-5-14(21)6-4-13)19(24)23(12)16-9-7-15(22)8-10-16/h3-11H,1-2H3/b17-11+. The summed E-state index contributed by atoms with van der Waals surface area (Å²) in [6, 6.07) is 10.9. The average molecular weight is 355 g/mol. The van der Waals surface area contributed by atoms with Crippen molar-refractivity contribution in [3.63, 3.8) is 0 Å². The number of nitrogens with zero attached hydrogens (tertiary/aromatic N) is 1. The number of carbonyl (C=O) groups is 2. The van der Waals surface area contributed by atoms with Gasteiger partial charge in [0.25, 0.3) is 5.91 Å². The van der Waals surface area contributed by atoms with Gasteiger partial charge in [0.1, 0.15) is 11.6 Å². The number of anilines is 1. The third-order valence-electron chi connectivity index (χ3n) is 4.06. The predicted molar refractivity (Wildman–Crippen MR) is 93.0 cm³/mol. The van der Waals surface area contributed by atoms with Gasteiger partial charge in [0.05, 0.1) is 18.3 Å². The molecule has 6 heteroatoms. The van der Waals surface area contributed by atoms with Gasteiger partial charge in [-0.25, -0.2) is 13.6 Å². The minimum atomic E-state index is -0.658. The SMILES string of the molecule is COC(=O)C1=C(C)N(c2ccc(F)cc2)C(=O)/C1=C/c1ccc(F)cc1. The van der Waals surface area contributed by atoms with Gasteiger partial charge in [-0.1, -0.05) is 12.1 Å². The molecule has 0 radical (unpaired) electrons. The molecule has 1 aliphatic heterocycles. The maximum Gasteiger partial charge on any atom is 0.340 e. The predicted octanol–water partition coefficient (Wildman–Crippen LogP) is 3.84. The Morgan fingerprint density at radius 3 is 2.08 bits per heavy atom. The first kappa shape index (κ1) is 17.5. The molecule has 0 fully saturated rings. The molecule has 1 heterocycles. The number of amides is 1. The number of hydrogen-bond donors (Lipinski definition) is 0. The topological polar surface area (TPSA) is 46.6 Å². The van der Waals surface area contributed by atoms with E-state index in [2.05, 4.69) is 0 Å². The van der Waals surface area contributed by atoms with Crippen LogP contribution in [0.1, 0.15) is 12.5 Å². The van der Waals surface area contributed by atoms with Gasteiger partial charge >= 0.3 is 5.97 Å². The maximum absolute atomic E-state index is 13.2. The van der Waals surface area contributed by atoms with E-state index in [-0.39, 0.29) is 11.1 Å². The molecule has 1 aliphatic rings. The molecular weight excluding hydrogens is 340 g/mol. The highest BCUT2D eigenvalue weighted by molar-refractivity contribution is 6.23. The molecule has 1 amide bonds. The number of rotatable bonds is 3. The van der Waals surface area contributed by atoms with E-state index in [9.17, 15) is 18.4 Å². The lowest BCUT2D eigenvalue weighted by molar-refractivity contribution is -0.136. The summed E-state index contributed by atoms with van der Waals surface area (Å²) in [6.07, 6.45) is 1.50. The lowest BCUT2D eigenvalue weighted by Gasteiger charge is -2.17. The largest absolute Gasteiger partial charge is 0.465 e. The van der Waals surface area contributed by atoms with E-state index in [4.69, 9.17) is 4.74 Å². The Labute approximate surface area is 149 Å². The summed E-state index contributed by atoms with van der Waals surface area (Å²) in [5.41, 5.74) is 1.61. The molecule has 3 rings (SSSR count). The molecule has 0 aromatic heterocycles. The number of carbonyl (C=O) groups excluding carboxylic acids is 2. The van der Waals surface area contributed by atoms with E-state index >= 15 is 0 Å². The number of ether oxygens (including phenoxy) is 1. The van der Waals surface area contributed by atoms with Crippen molar-refractivity contribution in [2.24, 2.45) is 0 Å². The average Bonchev–Trinajstić information content (AvgIpc) is 2.87. The lowest BCUT2D eigenvalue weighted by Crippen LogP contribution is -2.24. The minimum Gasteiger partial charge on any atom is -0.465 e. The van der Waals surface area contributed by atoms with E-state index in [0.29, 0.717) is 16.9 Å². The van der Waals surface area contributed by atoms with Crippen LogP contribution in [0, 0.1) is 11.6 Å². The summed E-state index contributed by atoms with van der Waals surface area (Å²) >= 11 is 0. The van der Waals surface area contributed by atoms with Crippen molar-refractivity contribution in [3.8, 4) is 0 Å². The Morgan fingerprint density at radius 1 is 1.00 bits per heavy atom. The first-order chi connectivity index (χ1) is 12.4.